The number of rotatable bonds is 7. The van der Waals surface area contributed by atoms with Crippen molar-refractivity contribution in [3.05, 3.63) is 0 Å². The van der Waals surface area contributed by atoms with Crippen LogP contribution in [-0.4, -0.2) is 23.0 Å². The molecular formula is C15H30N2S. The third-order valence-electron chi connectivity index (χ3n) is 3.82. The van der Waals surface area contributed by atoms with Gasteiger partial charge in [0.05, 0.1) is 0 Å². The lowest BCUT2D eigenvalue weighted by molar-refractivity contribution is 0.333. The zero-order valence-electron chi connectivity index (χ0n) is 12.8. The highest BCUT2D eigenvalue weighted by Crippen LogP contribution is 2.28. The van der Waals surface area contributed by atoms with Crippen molar-refractivity contribution in [3.63, 3.8) is 0 Å². The highest BCUT2D eigenvalue weighted by atomic mass is 32.2. The van der Waals surface area contributed by atoms with E-state index in [4.69, 9.17) is 4.99 Å². The molecule has 0 bridgehead atoms. The summed E-state index contributed by atoms with van der Waals surface area (Å²) >= 11 is 1.88. The van der Waals surface area contributed by atoms with Gasteiger partial charge in [0.1, 0.15) is 0 Å². The second-order valence-corrected chi connectivity index (χ2v) is 7.53. The molecule has 1 atom stereocenters. The summed E-state index contributed by atoms with van der Waals surface area (Å²) in [7, 11) is 0. The second-order valence-electron chi connectivity index (χ2n) is 6.57. The highest BCUT2D eigenvalue weighted by Gasteiger charge is 2.30. The van der Waals surface area contributed by atoms with Gasteiger partial charge in [0, 0.05) is 17.8 Å². The molecule has 3 heteroatoms. The topological polar surface area (TPSA) is 24.4 Å². The van der Waals surface area contributed by atoms with Gasteiger partial charge in [-0.25, -0.2) is 0 Å². The van der Waals surface area contributed by atoms with Crippen LogP contribution in [0.15, 0.2) is 4.99 Å². The van der Waals surface area contributed by atoms with E-state index >= 15 is 0 Å². The van der Waals surface area contributed by atoms with Gasteiger partial charge in [0.2, 0.25) is 0 Å². The minimum atomic E-state index is 0.260. The van der Waals surface area contributed by atoms with Crippen LogP contribution < -0.4 is 5.32 Å². The van der Waals surface area contributed by atoms with E-state index in [0.717, 1.165) is 17.5 Å². The fourth-order valence-electron chi connectivity index (χ4n) is 2.05. The van der Waals surface area contributed by atoms with Gasteiger partial charge < -0.3 is 5.32 Å². The average molecular weight is 270 g/mol. The van der Waals surface area contributed by atoms with Crippen molar-refractivity contribution in [1.82, 2.24) is 5.32 Å². The maximum Gasteiger partial charge on any atom is 0.157 e. The normalized spacial score (nSPS) is 26.6. The first kappa shape index (κ1) is 15.9. The van der Waals surface area contributed by atoms with E-state index in [-0.39, 0.29) is 5.54 Å². The molecule has 1 aliphatic heterocycles. The minimum absolute atomic E-state index is 0.260. The Bertz CT molecular complexity index is 286. The Kier molecular flexibility index (Phi) is 6.03. The Labute approximate surface area is 117 Å². The Morgan fingerprint density at radius 2 is 2.06 bits per heavy atom. The molecule has 1 fully saturated rings. The summed E-state index contributed by atoms with van der Waals surface area (Å²) in [5.74, 6) is 1.15. The number of aliphatic imine (C=N–C) groups is 1. The number of thioether (sulfide) groups is 1. The number of unbranched alkanes of at least 4 members (excludes halogenated alkanes) is 2. The third kappa shape index (κ3) is 5.21. The summed E-state index contributed by atoms with van der Waals surface area (Å²) in [4.78, 5) is 4.79. The first-order valence-corrected chi connectivity index (χ1v) is 8.35. The molecule has 1 N–H and O–H groups in total. The van der Waals surface area contributed by atoms with Crippen LogP contribution in [0.25, 0.3) is 0 Å². The van der Waals surface area contributed by atoms with E-state index in [1.54, 1.807) is 0 Å². The van der Waals surface area contributed by atoms with Gasteiger partial charge >= 0.3 is 0 Å². The van der Waals surface area contributed by atoms with Crippen LogP contribution in [0, 0.1) is 5.41 Å². The maximum atomic E-state index is 4.79. The Morgan fingerprint density at radius 1 is 1.33 bits per heavy atom. The summed E-state index contributed by atoms with van der Waals surface area (Å²) in [6.07, 6.45) is 6.44. The lowest BCUT2D eigenvalue weighted by Crippen LogP contribution is -2.39. The summed E-state index contributed by atoms with van der Waals surface area (Å²) in [6.45, 7) is 12.4. The largest absolute Gasteiger partial charge is 0.359 e. The minimum Gasteiger partial charge on any atom is -0.359 e. The molecule has 18 heavy (non-hydrogen) atoms. The van der Waals surface area contributed by atoms with E-state index in [1.807, 2.05) is 11.8 Å². The third-order valence-corrected chi connectivity index (χ3v) is 5.11. The van der Waals surface area contributed by atoms with Crippen LogP contribution in [0.3, 0.4) is 0 Å². The quantitative estimate of drug-likeness (QED) is 0.691. The molecule has 2 nitrogen and oxygen atoms in total. The molecule has 1 aliphatic rings. The molecule has 1 saturated heterocycles. The van der Waals surface area contributed by atoms with Gasteiger partial charge in [0.25, 0.3) is 0 Å². The van der Waals surface area contributed by atoms with Gasteiger partial charge in [0.15, 0.2) is 5.17 Å². The lowest BCUT2D eigenvalue weighted by Gasteiger charge is -2.23. The smallest absolute Gasteiger partial charge is 0.157 e. The Balaban J connectivity index is 2.39. The van der Waals surface area contributed by atoms with Crippen LogP contribution in [0.4, 0.5) is 0 Å². The zero-order chi connectivity index (χ0) is 13.6. The standard InChI is InChI=1S/C15H30N2S/c1-6-8-9-10-14(3,4)11-16-13-17-15(5,7-2)12-18-13/h6-12H2,1-5H3,(H,16,17). The SMILES string of the molecule is CCCCCC(C)(C)CN=C1NC(C)(CC)CS1. The van der Waals surface area contributed by atoms with E-state index in [9.17, 15) is 0 Å². The molecule has 0 saturated carbocycles. The summed E-state index contributed by atoms with van der Waals surface area (Å²) in [6, 6.07) is 0. The summed E-state index contributed by atoms with van der Waals surface area (Å²) in [5.41, 5.74) is 0.603. The predicted octanol–water partition coefficient (Wildman–Crippen LogP) is 4.45. The van der Waals surface area contributed by atoms with E-state index in [2.05, 4.69) is 39.9 Å². The van der Waals surface area contributed by atoms with Crippen molar-refractivity contribution in [2.24, 2.45) is 10.4 Å². The van der Waals surface area contributed by atoms with Gasteiger partial charge in [-0.05, 0) is 25.2 Å². The molecule has 1 heterocycles. The second kappa shape index (κ2) is 6.83. The molecule has 0 aromatic heterocycles. The molecule has 0 aromatic rings. The van der Waals surface area contributed by atoms with Crippen molar-refractivity contribution >= 4 is 16.9 Å². The molecule has 0 radical (unpaired) electrons. The Hall–Kier alpha value is -0.180. The van der Waals surface area contributed by atoms with Crippen molar-refractivity contribution in [2.45, 2.75) is 72.3 Å². The van der Waals surface area contributed by atoms with Crippen molar-refractivity contribution < 1.29 is 0 Å². The number of hydrogen-bond acceptors (Lipinski definition) is 2. The first-order chi connectivity index (χ1) is 8.41. The van der Waals surface area contributed by atoms with Gasteiger partial charge in [-0.3, -0.25) is 4.99 Å². The number of hydrogen-bond donors (Lipinski definition) is 1. The van der Waals surface area contributed by atoms with E-state index < -0.39 is 0 Å². The van der Waals surface area contributed by atoms with Crippen LogP contribution in [-0.2, 0) is 0 Å². The van der Waals surface area contributed by atoms with Gasteiger partial charge in [-0.2, -0.15) is 0 Å². The van der Waals surface area contributed by atoms with E-state index in [0.29, 0.717) is 5.41 Å². The molecule has 0 aromatic carbocycles. The molecule has 0 spiro atoms. The molecule has 106 valence electrons. The molecular weight excluding hydrogens is 240 g/mol. The van der Waals surface area contributed by atoms with Gasteiger partial charge in [-0.1, -0.05) is 58.7 Å². The van der Waals surface area contributed by atoms with Crippen LogP contribution >= 0.6 is 11.8 Å². The lowest BCUT2D eigenvalue weighted by atomic mass is 9.87. The van der Waals surface area contributed by atoms with Crippen LogP contribution in [0.2, 0.25) is 0 Å². The van der Waals surface area contributed by atoms with Gasteiger partial charge in [-0.15, -0.1) is 0 Å². The molecule has 0 aliphatic carbocycles. The van der Waals surface area contributed by atoms with Crippen LogP contribution in [0.5, 0.6) is 0 Å². The fourth-order valence-corrected chi connectivity index (χ4v) is 3.26. The monoisotopic (exact) mass is 270 g/mol. The fraction of sp³-hybridized carbons (Fsp3) is 0.933. The summed E-state index contributed by atoms with van der Waals surface area (Å²) < 4.78 is 0. The zero-order valence-corrected chi connectivity index (χ0v) is 13.6. The first-order valence-electron chi connectivity index (χ1n) is 7.36. The Morgan fingerprint density at radius 3 is 2.61 bits per heavy atom. The number of amidine groups is 1. The molecule has 1 unspecified atom stereocenters. The van der Waals surface area contributed by atoms with Crippen molar-refractivity contribution in [3.8, 4) is 0 Å². The summed E-state index contributed by atoms with van der Waals surface area (Å²) in [5, 5.41) is 4.73. The molecule has 0 amide bonds. The number of nitrogens with zero attached hydrogens (tertiary/aromatic N) is 1. The van der Waals surface area contributed by atoms with Crippen molar-refractivity contribution in [1.29, 1.82) is 0 Å². The average Bonchev–Trinajstić information content (AvgIpc) is 2.70. The predicted molar refractivity (Wildman–Crippen MR) is 84.5 cm³/mol. The highest BCUT2D eigenvalue weighted by molar-refractivity contribution is 8.14. The van der Waals surface area contributed by atoms with Crippen LogP contribution in [0.1, 0.15) is 66.7 Å². The van der Waals surface area contributed by atoms with Crippen molar-refractivity contribution in [2.75, 3.05) is 12.3 Å². The van der Waals surface area contributed by atoms with E-state index in [1.165, 1.54) is 32.1 Å². The molecule has 1 rings (SSSR count). The number of nitrogens with one attached hydrogen (secondary N) is 1. The maximum absolute atomic E-state index is 4.79.